The fourth-order valence-electron chi connectivity index (χ4n) is 0.696. The van der Waals surface area contributed by atoms with Gasteiger partial charge in [-0.1, -0.05) is 0 Å². The van der Waals surface area contributed by atoms with Gasteiger partial charge in [-0.2, -0.15) is 0 Å². The summed E-state index contributed by atoms with van der Waals surface area (Å²) in [5, 5.41) is 2.39. The Hall–Kier alpha value is -1.71. The van der Waals surface area contributed by atoms with Crippen LogP contribution in [0.15, 0.2) is 24.3 Å². The number of carbonyl (C=O) groups is 1. The van der Waals surface area contributed by atoms with Gasteiger partial charge < -0.3 is 16.8 Å². The molecule has 1 aromatic rings. The van der Waals surface area contributed by atoms with Crippen LogP contribution in [0.3, 0.4) is 0 Å². The molecule has 1 aromatic carbocycles. The first-order valence-corrected chi connectivity index (χ1v) is 3.06. The second-order valence-electron chi connectivity index (χ2n) is 2.07. The molecule has 4 nitrogen and oxygen atoms in total. The van der Waals surface area contributed by atoms with Crippen molar-refractivity contribution in [1.82, 2.24) is 5.73 Å². The molecule has 0 heterocycles. The van der Waals surface area contributed by atoms with E-state index in [1.54, 1.807) is 24.3 Å². The average molecular weight is 150 g/mol. The van der Waals surface area contributed by atoms with Crippen molar-refractivity contribution in [3.63, 3.8) is 0 Å². The number of amides is 2. The summed E-state index contributed by atoms with van der Waals surface area (Å²) in [6.07, 6.45) is 0. The van der Waals surface area contributed by atoms with E-state index >= 15 is 0 Å². The van der Waals surface area contributed by atoms with Crippen molar-refractivity contribution in [2.24, 2.45) is 5.73 Å². The highest BCUT2D eigenvalue weighted by molar-refractivity contribution is 5.87. The minimum absolute atomic E-state index is 0.403. The molecule has 4 heteroatoms. The number of nitrogens with two attached hydrogens (primary N) is 1. The van der Waals surface area contributed by atoms with E-state index in [9.17, 15) is 4.79 Å². The zero-order valence-corrected chi connectivity index (χ0v) is 5.79. The van der Waals surface area contributed by atoms with Crippen molar-refractivity contribution >= 4 is 17.4 Å². The smallest absolute Gasteiger partial charge is 0.316 e. The summed E-state index contributed by atoms with van der Waals surface area (Å²) in [5.74, 6) is 0. The van der Waals surface area contributed by atoms with Crippen LogP contribution in [0.2, 0.25) is 0 Å². The van der Waals surface area contributed by atoms with Crippen LogP contribution in [-0.2, 0) is 0 Å². The summed E-state index contributed by atoms with van der Waals surface area (Å²) in [7, 11) is 0. The SMILES string of the molecule is [NH]c1ccc(NC(N)=O)cc1. The topological polar surface area (TPSA) is 78.9 Å². The highest BCUT2D eigenvalue weighted by Gasteiger charge is 1.93. The zero-order valence-electron chi connectivity index (χ0n) is 5.79. The molecule has 0 unspecified atom stereocenters. The Kier molecular flexibility index (Phi) is 1.96. The molecule has 11 heavy (non-hydrogen) atoms. The third kappa shape index (κ3) is 2.17. The molecule has 0 aromatic heterocycles. The van der Waals surface area contributed by atoms with E-state index in [-0.39, 0.29) is 0 Å². The van der Waals surface area contributed by atoms with Crippen LogP contribution < -0.4 is 16.8 Å². The normalized spacial score (nSPS) is 9.09. The Morgan fingerprint density at radius 3 is 2.36 bits per heavy atom. The number of benzene rings is 1. The summed E-state index contributed by atoms with van der Waals surface area (Å²) >= 11 is 0. The van der Waals surface area contributed by atoms with E-state index < -0.39 is 6.03 Å². The van der Waals surface area contributed by atoms with Gasteiger partial charge in [-0.3, -0.25) is 0 Å². The Morgan fingerprint density at radius 2 is 1.91 bits per heavy atom. The van der Waals surface area contributed by atoms with Gasteiger partial charge in [0.25, 0.3) is 0 Å². The first-order valence-electron chi connectivity index (χ1n) is 3.06. The lowest BCUT2D eigenvalue weighted by molar-refractivity contribution is 0.259. The Bertz CT molecular complexity index is 255. The van der Waals surface area contributed by atoms with Crippen molar-refractivity contribution in [2.75, 3.05) is 5.32 Å². The summed E-state index contributed by atoms with van der Waals surface area (Å²) in [5.41, 5.74) is 13.0. The molecule has 0 fully saturated rings. The number of rotatable bonds is 1. The lowest BCUT2D eigenvalue weighted by atomic mass is 10.3. The van der Waals surface area contributed by atoms with E-state index in [0.29, 0.717) is 11.4 Å². The maximum Gasteiger partial charge on any atom is 0.316 e. The van der Waals surface area contributed by atoms with E-state index in [1.165, 1.54) is 0 Å². The Morgan fingerprint density at radius 1 is 1.36 bits per heavy atom. The number of hydrogen-bond donors (Lipinski definition) is 2. The first-order chi connectivity index (χ1) is 5.18. The summed E-state index contributed by atoms with van der Waals surface area (Å²) in [6, 6.07) is 5.79. The van der Waals surface area contributed by atoms with Crippen LogP contribution in [0.4, 0.5) is 16.2 Å². The first kappa shape index (κ1) is 7.40. The van der Waals surface area contributed by atoms with Crippen LogP contribution in [0.1, 0.15) is 0 Å². The van der Waals surface area contributed by atoms with Crippen molar-refractivity contribution in [1.29, 1.82) is 0 Å². The van der Waals surface area contributed by atoms with E-state index in [1.807, 2.05) is 0 Å². The van der Waals surface area contributed by atoms with Gasteiger partial charge in [0.05, 0.1) is 5.69 Å². The number of nitrogens with one attached hydrogen (secondary N) is 2. The molecule has 0 saturated heterocycles. The van der Waals surface area contributed by atoms with Crippen LogP contribution in [-0.4, -0.2) is 6.03 Å². The van der Waals surface area contributed by atoms with Gasteiger partial charge in [0.1, 0.15) is 0 Å². The van der Waals surface area contributed by atoms with Gasteiger partial charge in [-0.25, -0.2) is 4.79 Å². The summed E-state index contributed by atoms with van der Waals surface area (Å²) in [6.45, 7) is 0. The second kappa shape index (κ2) is 2.92. The van der Waals surface area contributed by atoms with Crippen LogP contribution in [0, 0.1) is 0 Å². The Labute approximate surface area is 64.2 Å². The molecule has 0 saturated carbocycles. The number of carbonyl (C=O) groups excluding carboxylic acids is 1. The fourth-order valence-corrected chi connectivity index (χ4v) is 0.696. The molecule has 4 N–H and O–H groups in total. The van der Waals surface area contributed by atoms with Crippen molar-refractivity contribution in [2.45, 2.75) is 0 Å². The average Bonchev–Trinajstić information content (AvgIpc) is 1.93. The van der Waals surface area contributed by atoms with Gasteiger partial charge in [0.15, 0.2) is 0 Å². The third-order valence-electron chi connectivity index (χ3n) is 1.15. The standard InChI is InChI=1S/C7H8N3O/c8-5-1-3-6(4-2-5)10-7(9)11/h1-4,8H,(H3,9,10,11). The van der Waals surface area contributed by atoms with Crippen LogP contribution in [0.25, 0.3) is 0 Å². The lowest BCUT2D eigenvalue weighted by Crippen LogP contribution is -2.18. The maximum absolute atomic E-state index is 10.3. The van der Waals surface area contributed by atoms with Crippen LogP contribution in [0.5, 0.6) is 0 Å². The summed E-state index contributed by atoms with van der Waals surface area (Å²) in [4.78, 5) is 10.3. The molecule has 1 radical (unpaired) electrons. The molecule has 0 atom stereocenters. The minimum atomic E-state index is -0.595. The van der Waals surface area contributed by atoms with Crippen molar-refractivity contribution in [3.05, 3.63) is 24.3 Å². The largest absolute Gasteiger partial charge is 0.351 e. The molecular formula is C7H8N3O. The molecule has 2 amide bonds. The zero-order chi connectivity index (χ0) is 8.27. The molecule has 0 spiro atoms. The molecule has 0 aliphatic heterocycles. The van der Waals surface area contributed by atoms with Crippen LogP contribution >= 0.6 is 0 Å². The number of primary amides is 1. The molecule has 57 valence electrons. The van der Waals surface area contributed by atoms with E-state index in [4.69, 9.17) is 11.5 Å². The van der Waals surface area contributed by atoms with Gasteiger partial charge >= 0.3 is 6.03 Å². The predicted octanol–water partition coefficient (Wildman–Crippen LogP) is 1.09. The predicted molar refractivity (Wildman–Crippen MR) is 42.4 cm³/mol. The van der Waals surface area contributed by atoms with E-state index in [2.05, 4.69) is 5.32 Å². The molecule has 0 aliphatic carbocycles. The fraction of sp³-hybridized carbons (Fsp3) is 0. The number of anilines is 1. The molecule has 0 bridgehead atoms. The van der Waals surface area contributed by atoms with Gasteiger partial charge in [0.2, 0.25) is 0 Å². The Balaban J connectivity index is 2.74. The highest BCUT2D eigenvalue weighted by Crippen LogP contribution is 2.10. The van der Waals surface area contributed by atoms with Gasteiger partial charge in [-0.05, 0) is 24.3 Å². The molecule has 0 aliphatic rings. The minimum Gasteiger partial charge on any atom is -0.351 e. The highest BCUT2D eigenvalue weighted by atomic mass is 16.2. The van der Waals surface area contributed by atoms with Gasteiger partial charge in [0, 0.05) is 5.69 Å². The van der Waals surface area contributed by atoms with E-state index in [0.717, 1.165) is 0 Å². The second-order valence-corrected chi connectivity index (χ2v) is 2.07. The molecular weight excluding hydrogens is 142 g/mol. The quantitative estimate of drug-likeness (QED) is 0.617. The maximum atomic E-state index is 10.3. The lowest BCUT2D eigenvalue weighted by Gasteiger charge is -1.99. The number of urea groups is 1. The number of hydrogen-bond acceptors (Lipinski definition) is 1. The van der Waals surface area contributed by atoms with Crippen molar-refractivity contribution < 1.29 is 4.79 Å². The molecule has 1 rings (SSSR count). The monoisotopic (exact) mass is 150 g/mol. The summed E-state index contributed by atoms with van der Waals surface area (Å²) < 4.78 is 0. The third-order valence-corrected chi connectivity index (χ3v) is 1.15. The van der Waals surface area contributed by atoms with Crippen molar-refractivity contribution in [3.8, 4) is 0 Å². The van der Waals surface area contributed by atoms with Gasteiger partial charge in [-0.15, -0.1) is 0 Å².